The number of hydrogen-bond donors (Lipinski definition) is 2. The fourth-order valence-corrected chi connectivity index (χ4v) is 2.26. The van der Waals surface area contributed by atoms with Crippen LogP contribution in [-0.2, 0) is 0 Å². The predicted octanol–water partition coefficient (Wildman–Crippen LogP) is 3.87. The normalized spacial score (nSPS) is 10.4. The SMILES string of the molecule is CCCNC(=O)c1cccc(NC(=O)c2cccc(OC(C)C)c2)c1. The van der Waals surface area contributed by atoms with Crippen LogP contribution in [0.4, 0.5) is 5.69 Å². The molecule has 25 heavy (non-hydrogen) atoms. The maximum Gasteiger partial charge on any atom is 0.255 e. The van der Waals surface area contributed by atoms with Crippen molar-refractivity contribution in [1.82, 2.24) is 5.32 Å². The first-order valence-electron chi connectivity index (χ1n) is 8.46. The number of rotatable bonds is 7. The standard InChI is InChI=1S/C20H24N2O3/c1-4-11-21-19(23)15-7-5-9-17(12-15)22-20(24)16-8-6-10-18(13-16)25-14(2)3/h5-10,12-14H,4,11H2,1-3H3,(H,21,23)(H,22,24). The second-order valence-electron chi connectivity index (χ2n) is 5.99. The quantitative estimate of drug-likeness (QED) is 0.804. The molecule has 2 aromatic carbocycles. The van der Waals surface area contributed by atoms with Crippen molar-refractivity contribution in [3.63, 3.8) is 0 Å². The summed E-state index contributed by atoms with van der Waals surface area (Å²) in [5.41, 5.74) is 1.59. The van der Waals surface area contributed by atoms with Gasteiger partial charge in [0.15, 0.2) is 0 Å². The number of benzene rings is 2. The van der Waals surface area contributed by atoms with E-state index in [9.17, 15) is 9.59 Å². The molecule has 0 radical (unpaired) electrons. The van der Waals surface area contributed by atoms with E-state index in [4.69, 9.17) is 4.74 Å². The van der Waals surface area contributed by atoms with E-state index in [1.165, 1.54) is 0 Å². The average Bonchev–Trinajstić information content (AvgIpc) is 2.59. The second-order valence-corrected chi connectivity index (χ2v) is 5.99. The molecular weight excluding hydrogens is 316 g/mol. The molecule has 0 aromatic heterocycles. The van der Waals surface area contributed by atoms with Crippen LogP contribution < -0.4 is 15.4 Å². The van der Waals surface area contributed by atoms with Crippen LogP contribution in [0.15, 0.2) is 48.5 Å². The zero-order valence-electron chi connectivity index (χ0n) is 14.8. The lowest BCUT2D eigenvalue weighted by Gasteiger charge is -2.11. The van der Waals surface area contributed by atoms with E-state index in [-0.39, 0.29) is 17.9 Å². The molecule has 0 aliphatic carbocycles. The number of nitrogens with one attached hydrogen (secondary N) is 2. The number of ether oxygens (including phenoxy) is 1. The first-order chi connectivity index (χ1) is 12.0. The molecule has 0 fully saturated rings. The van der Waals surface area contributed by atoms with Crippen LogP contribution in [0, 0.1) is 0 Å². The third-order valence-electron chi connectivity index (χ3n) is 3.39. The zero-order chi connectivity index (χ0) is 18.2. The van der Waals surface area contributed by atoms with Gasteiger partial charge in [0, 0.05) is 23.4 Å². The molecule has 2 N–H and O–H groups in total. The zero-order valence-corrected chi connectivity index (χ0v) is 14.8. The lowest BCUT2D eigenvalue weighted by atomic mass is 10.1. The van der Waals surface area contributed by atoms with Crippen molar-refractivity contribution in [2.24, 2.45) is 0 Å². The summed E-state index contributed by atoms with van der Waals surface area (Å²) in [6.07, 6.45) is 0.911. The van der Waals surface area contributed by atoms with Crippen LogP contribution in [0.3, 0.4) is 0 Å². The Bertz CT molecular complexity index is 741. The van der Waals surface area contributed by atoms with Crippen molar-refractivity contribution in [1.29, 1.82) is 0 Å². The maximum absolute atomic E-state index is 12.4. The first-order valence-corrected chi connectivity index (χ1v) is 8.46. The molecule has 0 aliphatic rings. The maximum atomic E-state index is 12.4. The molecule has 132 valence electrons. The molecule has 2 rings (SSSR count). The average molecular weight is 340 g/mol. The third kappa shape index (κ3) is 5.64. The van der Waals surface area contributed by atoms with Crippen LogP contribution in [0.1, 0.15) is 47.9 Å². The van der Waals surface area contributed by atoms with Crippen molar-refractivity contribution >= 4 is 17.5 Å². The summed E-state index contributed by atoms with van der Waals surface area (Å²) in [4.78, 5) is 24.5. The van der Waals surface area contributed by atoms with Gasteiger partial charge >= 0.3 is 0 Å². The Balaban J connectivity index is 2.09. The van der Waals surface area contributed by atoms with Crippen LogP contribution >= 0.6 is 0 Å². The van der Waals surface area contributed by atoms with Gasteiger partial charge in [-0.25, -0.2) is 0 Å². The number of amides is 2. The van der Waals surface area contributed by atoms with E-state index in [1.54, 1.807) is 42.5 Å². The fourth-order valence-electron chi connectivity index (χ4n) is 2.26. The van der Waals surface area contributed by atoms with E-state index in [2.05, 4.69) is 10.6 Å². The van der Waals surface area contributed by atoms with Crippen LogP contribution in [0.25, 0.3) is 0 Å². The van der Waals surface area contributed by atoms with Gasteiger partial charge in [-0.05, 0) is 56.7 Å². The Hall–Kier alpha value is -2.82. The topological polar surface area (TPSA) is 67.4 Å². The molecule has 0 unspecified atom stereocenters. The van der Waals surface area contributed by atoms with Crippen molar-refractivity contribution in [3.8, 4) is 5.75 Å². The smallest absolute Gasteiger partial charge is 0.255 e. The van der Waals surface area contributed by atoms with Crippen molar-refractivity contribution in [2.45, 2.75) is 33.3 Å². The van der Waals surface area contributed by atoms with E-state index in [0.29, 0.717) is 29.1 Å². The fraction of sp³-hybridized carbons (Fsp3) is 0.300. The Morgan fingerprint density at radius 3 is 2.36 bits per heavy atom. The van der Waals surface area contributed by atoms with Gasteiger partial charge in [0.25, 0.3) is 11.8 Å². The summed E-state index contributed by atoms with van der Waals surface area (Å²) in [7, 11) is 0. The molecule has 5 heteroatoms. The van der Waals surface area contributed by atoms with E-state index in [1.807, 2.05) is 26.8 Å². The summed E-state index contributed by atoms with van der Waals surface area (Å²) >= 11 is 0. The number of carbonyl (C=O) groups excluding carboxylic acids is 2. The molecule has 0 atom stereocenters. The summed E-state index contributed by atoms with van der Waals surface area (Å²) < 4.78 is 5.61. The van der Waals surface area contributed by atoms with Crippen LogP contribution in [-0.4, -0.2) is 24.5 Å². The summed E-state index contributed by atoms with van der Waals surface area (Å²) in [5, 5.41) is 5.63. The highest BCUT2D eigenvalue weighted by Crippen LogP contribution is 2.17. The highest BCUT2D eigenvalue weighted by Gasteiger charge is 2.10. The van der Waals surface area contributed by atoms with Crippen molar-refractivity contribution in [3.05, 3.63) is 59.7 Å². The monoisotopic (exact) mass is 340 g/mol. The van der Waals surface area contributed by atoms with E-state index in [0.717, 1.165) is 6.42 Å². The van der Waals surface area contributed by atoms with Crippen LogP contribution in [0.5, 0.6) is 5.75 Å². The van der Waals surface area contributed by atoms with Crippen molar-refractivity contribution in [2.75, 3.05) is 11.9 Å². The number of hydrogen-bond acceptors (Lipinski definition) is 3. The predicted molar refractivity (Wildman–Crippen MR) is 99.2 cm³/mol. The van der Waals surface area contributed by atoms with Gasteiger partial charge < -0.3 is 15.4 Å². The van der Waals surface area contributed by atoms with Gasteiger partial charge in [-0.15, -0.1) is 0 Å². The number of anilines is 1. The van der Waals surface area contributed by atoms with E-state index < -0.39 is 0 Å². The van der Waals surface area contributed by atoms with Gasteiger partial charge in [-0.2, -0.15) is 0 Å². The molecule has 5 nitrogen and oxygen atoms in total. The van der Waals surface area contributed by atoms with Gasteiger partial charge in [-0.1, -0.05) is 19.1 Å². The lowest BCUT2D eigenvalue weighted by Crippen LogP contribution is -2.24. The Kier molecular flexibility index (Phi) is 6.57. The van der Waals surface area contributed by atoms with Gasteiger partial charge in [0.2, 0.25) is 0 Å². The minimum absolute atomic E-state index is 0.0385. The Morgan fingerprint density at radius 2 is 1.68 bits per heavy atom. The molecule has 0 aliphatic heterocycles. The van der Waals surface area contributed by atoms with Gasteiger partial charge in [-0.3, -0.25) is 9.59 Å². The minimum atomic E-state index is -0.250. The molecule has 0 spiro atoms. The summed E-state index contributed by atoms with van der Waals surface area (Å²) in [6.45, 7) is 6.48. The molecular formula is C20H24N2O3. The molecule has 0 heterocycles. The third-order valence-corrected chi connectivity index (χ3v) is 3.39. The Morgan fingerprint density at radius 1 is 1.00 bits per heavy atom. The van der Waals surface area contributed by atoms with Gasteiger partial charge in [0.1, 0.15) is 5.75 Å². The summed E-state index contributed by atoms with van der Waals surface area (Å²) in [6, 6.07) is 13.9. The first kappa shape index (κ1) is 18.5. The molecule has 0 saturated carbocycles. The number of carbonyl (C=O) groups is 2. The molecule has 2 aromatic rings. The second kappa shape index (κ2) is 8.87. The summed E-state index contributed by atoms with van der Waals surface area (Å²) in [5.74, 6) is 0.251. The van der Waals surface area contributed by atoms with E-state index >= 15 is 0 Å². The molecule has 2 amide bonds. The Labute approximate surface area is 148 Å². The highest BCUT2D eigenvalue weighted by molar-refractivity contribution is 6.05. The largest absolute Gasteiger partial charge is 0.491 e. The lowest BCUT2D eigenvalue weighted by molar-refractivity contribution is 0.0952. The molecule has 0 saturated heterocycles. The highest BCUT2D eigenvalue weighted by atomic mass is 16.5. The minimum Gasteiger partial charge on any atom is -0.491 e. The molecule has 0 bridgehead atoms. The van der Waals surface area contributed by atoms with Gasteiger partial charge in [0.05, 0.1) is 6.10 Å². The van der Waals surface area contributed by atoms with Crippen LogP contribution in [0.2, 0.25) is 0 Å². The van der Waals surface area contributed by atoms with Crippen molar-refractivity contribution < 1.29 is 14.3 Å².